The van der Waals surface area contributed by atoms with Crippen LogP contribution in [0.5, 0.6) is 0 Å². The summed E-state index contributed by atoms with van der Waals surface area (Å²) in [4.78, 5) is 21.3. The molecule has 5 heteroatoms. The van der Waals surface area contributed by atoms with Crippen LogP contribution in [0.3, 0.4) is 0 Å². The minimum absolute atomic E-state index is 0.0150. The lowest BCUT2D eigenvalue weighted by Gasteiger charge is -2.04. The third kappa shape index (κ3) is 5.79. The van der Waals surface area contributed by atoms with E-state index in [9.17, 15) is 9.59 Å². The lowest BCUT2D eigenvalue weighted by Crippen LogP contribution is -2.13. The van der Waals surface area contributed by atoms with E-state index in [1.165, 1.54) is 0 Å². The minimum Gasteiger partial charge on any atom is -0.384 e. The van der Waals surface area contributed by atoms with Crippen LogP contribution in [0.15, 0.2) is 24.3 Å². The Kier molecular flexibility index (Phi) is 7.85. The SMILES string of the molecule is CC.N=C(N)c1ccc(NC(=O)CCC=O)cc1. The molecule has 18 heavy (non-hydrogen) atoms. The van der Waals surface area contributed by atoms with Crippen LogP contribution in [0.1, 0.15) is 32.3 Å². The predicted molar refractivity (Wildman–Crippen MR) is 72.7 cm³/mol. The van der Waals surface area contributed by atoms with Crippen LogP contribution >= 0.6 is 0 Å². The Morgan fingerprint density at radius 3 is 2.33 bits per heavy atom. The highest BCUT2D eigenvalue weighted by molar-refractivity contribution is 5.96. The molecule has 0 heterocycles. The molecule has 0 spiro atoms. The molecule has 0 saturated carbocycles. The van der Waals surface area contributed by atoms with E-state index in [4.69, 9.17) is 11.1 Å². The van der Waals surface area contributed by atoms with Crippen molar-refractivity contribution in [1.82, 2.24) is 0 Å². The minimum atomic E-state index is -0.206. The van der Waals surface area contributed by atoms with Gasteiger partial charge in [0.15, 0.2) is 0 Å². The average Bonchev–Trinajstić information content (AvgIpc) is 2.39. The monoisotopic (exact) mass is 249 g/mol. The molecule has 4 N–H and O–H groups in total. The van der Waals surface area contributed by atoms with Crippen LogP contribution < -0.4 is 11.1 Å². The lowest BCUT2D eigenvalue weighted by molar-refractivity contribution is -0.118. The predicted octanol–water partition coefficient (Wildman–Crippen LogP) is 1.91. The number of amidine groups is 1. The number of amides is 1. The van der Waals surface area contributed by atoms with Gasteiger partial charge >= 0.3 is 0 Å². The van der Waals surface area contributed by atoms with Crippen molar-refractivity contribution in [3.8, 4) is 0 Å². The molecule has 5 nitrogen and oxygen atoms in total. The fourth-order valence-corrected chi connectivity index (χ4v) is 1.15. The zero-order chi connectivity index (χ0) is 14.0. The summed E-state index contributed by atoms with van der Waals surface area (Å²) in [5.74, 6) is -0.221. The van der Waals surface area contributed by atoms with Gasteiger partial charge in [0.2, 0.25) is 5.91 Å². The number of hydrogen-bond acceptors (Lipinski definition) is 3. The third-order valence-corrected chi connectivity index (χ3v) is 1.97. The number of aldehydes is 1. The quantitative estimate of drug-likeness (QED) is 0.422. The average molecular weight is 249 g/mol. The maximum absolute atomic E-state index is 11.3. The zero-order valence-corrected chi connectivity index (χ0v) is 10.7. The molecule has 0 aliphatic rings. The van der Waals surface area contributed by atoms with Crippen molar-refractivity contribution < 1.29 is 9.59 Å². The Morgan fingerprint density at radius 2 is 1.89 bits per heavy atom. The van der Waals surface area contributed by atoms with Gasteiger partial charge in [-0.3, -0.25) is 10.2 Å². The van der Waals surface area contributed by atoms with E-state index in [1.807, 2.05) is 13.8 Å². The van der Waals surface area contributed by atoms with Gasteiger partial charge in [0.05, 0.1) is 0 Å². The summed E-state index contributed by atoms with van der Waals surface area (Å²) in [7, 11) is 0. The van der Waals surface area contributed by atoms with Crippen molar-refractivity contribution in [2.24, 2.45) is 5.73 Å². The summed E-state index contributed by atoms with van der Waals surface area (Å²) in [6.07, 6.45) is 1.10. The summed E-state index contributed by atoms with van der Waals surface area (Å²) in [6, 6.07) is 6.63. The number of nitrogens with one attached hydrogen (secondary N) is 2. The van der Waals surface area contributed by atoms with Crippen LogP contribution in [0.2, 0.25) is 0 Å². The van der Waals surface area contributed by atoms with Gasteiger partial charge < -0.3 is 15.8 Å². The first-order chi connectivity index (χ1) is 8.63. The van der Waals surface area contributed by atoms with E-state index in [1.54, 1.807) is 24.3 Å². The van der Waals surface area contributed by atoms with Crippen LogP contribution in [0, 0.1) is 5.41 Å². The second kappa shape index (κ2) is 8.92. The standard InChI is InChI=1S/C11H13N3O2.C2H6/c12-11(13)8-3-5-9(6-4-8)14-10(16)2-1-7-15;1-2/h3-7H,1-2H2,(H3,12,13)(H,14,16);1-2H3. The Labute approximate surface area is 107 Å². The second-order valence-electron chi connectivity index (χ2n) is 3.24. The highest BCUT2D eigenvalue weighted by Gasteiger charge is 2.02. The Bertz CT molecular complexity index is 399. The smallest absolute Gasteiger partial charge is 0.224 e. The maximum atomic E-state index is 11.3. The summed E-state index contributed by atoms with van der Waals surface area (Å²) in [5, 5.41) is 9.82. The first-order valence-corrected chi connectivity index (χ1v) is 5.81. The molecule has 0 radical (unpaired) electrons. The molecule has 0 atom stereocenters. The molecule has 1 aromatic carbocycles. The number of rotatable bonds is 5. The first kappa shape index (κ1) is 15.8. The van der Waals surface area contributed by atoms with Crippen molar-refractivity contribution in [2.45, 2.75) is 26.7 Å². The van der Waals surface area contributed by atoms with Gasteiger partial charge in [-0.1, -0.05) is 13.8 Å². The number of carbonyl (C=O) groups excluding carboxylic acids is 2. The summed E-state index contributed by atoms with van der Waals surface area (Å²) >= 11 is 0. The number of hydrogen-bond donors (Lipinski definition) is 3. The molecule has 0 aliphatic heterocycles. The maximum Gasteiger partial charge on any atom is 0.224 e. The summed E-state index contributed by atoms with van der Waals surface area (Å²) in [5.41, 5.74) is 6.52. The molecule has 1 rings (SSSR count). The fourth-order valence-electron chi connectivity index (χ4n) is 1.15. The number of nitrogen functional groups attached to an aromatic ring is 1. The van der Waals surface area contributed by atoms with E-state index in [-0.39, 0.29) is 24.6 Å². The van der Waals surface area contributed by atoms with Gasteiger partial charge in [0, 0.05) is 24.1 Å². The largest absolute Gasteiger partial charge is 0.384 e. The van der Waals surface area contributed by atoms with Crippen LogP contribution in [-0.4, -0.2) is 18.0 Å². The van der Waals surface area contributed by atoms with Gasteiger partial charge in [-0.15, -0.1) is 0 Å². The number of benzene rings is 1. The van der Waals surface area contributed by atoms with Crippen molar-refractivity contribution in [1.29, 1.82) is 5.41 Å². The van der Waals surface area contributed by atoms with Gasteiger partial charge in [-0.2, -0.15) is 0 Å². The van der Waals surface area contributed by atoms with Gasteiger partial charge in [-0.25, -0.2) is 0 Å². The number of carbonyl (C=O) groups is 2. The molecular formula is C13H19N3O2. The molecule has 0 saturated heterocycles. The van der Waals surface area contributed by atoms with E-state index >= 15 is 0 Å². The molecule has 0 bridgehead atoms. The number of nitrogens with two attached hydrogens (primary N) is 1. The zero-order valence-electron chi connectivity index (χ0n) is 10.7. The van der Waals surface area contributed by atoms with E-state index < -0.39 is 0 Å². The Hall–Kier alpha value is -2.17. The van der Waals surface area contributed by atoms with E-state index in [0.717, 1.165) is 0 Å². The van der Waals surface area contributed by atoms with Gasteiger partial charge in [-0.05, 0) is 24.3 Å². The molecule has 98 valence electrons. The highest BCUT2D eigenvalue weighted by atomic mass is 16.1. The van der Waals surface area contributed by atoms with Crippen LogP contribution in [0.4, 0.5) is 5.69 Å². The normalized spacial score (nSPS) is 8.78. The van der Waals surface area contributed by atoms with Crippen molar-refractivity contribution in [3.63, 3.8) is 0 Å². The van der Waals surface area contributed by atoms with Crippen molar-refractivity contribution in [3.05, 3.63) is 29.8 Å². The molecule has 1 aromatic rings. The first-order valence-electron chi connectivity index (χ1n) is 5.81. The van der Waals surface area contributed by atoms with E-state index in [0.29, 0.717) is 17.5 Å². The highest BCUT2D eigenvalue weighted by Crippen LogP contribution is 2.09. The molecule has 0 fully saturated rings. The Morgan fingerprint density at radius 1 is 1.33 bits per heavy atom. The van der Waals surface area contributed by atoms with Crippen molar-refractivity contribution >= 4 is 23.7 Å². The van der Waals surface area contributed by atoms with Crippen LogP contribution in [-0.2, 0) is 9.59 Å². The lowest BCUT2D eigenvalue weighted by atomic mass is 10.2. The Balaban J connectivity index is 0.00000137. The fraction of sp³-hybridized carbons (Fsp3) is 0.308. The molecule has 0 aromatic heterocycles. The topological polar surface area (TPSA) is 96.0 Å². The van der Waals surface area contributed by atoms with Gasteiger partial charge in [0.1, 0.15) is 12.1 Å². The van der Waals surface area contributed by atoms with Gasteiger partial charge in [0.25, 0.3) is 0 Å². The third-order valence-electron chi connectivity index (χ3n) is 1.97. The van der Waals surface area contributed by atoms with E-state index in [2.05, 4.69) is 5.32 Å². The molecular weight excluding hydrogens is 230 g/mol. The molecule has 0 aliphatic carbocycles. The van der Waals surface area contributed by atoms with Crippen LogP contribution in [0.25, 0.3) is 0 Å². The molecule has 1 amide bonds. The molecule has 0 unspecified atom stereocenters. The summed E-state index contributed by atoms with van der Waals surface area (Å²) in [6.45, 7) is 4.00. The number of anilines is 1. The van der Waals surface area contributed by atoms with Crippen molar-refractivity contribution in [2.75, 3.05) is 5.32 Å². The summed E-state index contributed by atoms with van der Waals surface area (Å²) < 4.78 is 0. The second-order valence-corrected chi connectivity index (χ2v) is 3.24.